The van der Waals surface area contributed by atoms with Gasteiger partial charge in [0.2, 0.25) is 0 Å². The van der Waals surface area contributed by atoms with Crippen LogP contribution in [0.25, 0.3) is 0 Å². The summed E-state index contributed by atoms with van der Waals surface area (Å²) in [7, 11) is 0. The maximum absolute atomic E-state index is 12.2. The van der Waals surface area contributed by atoms with Crippen LogP contribution in [0.1, 0.15) is 30.4 Å². The standard InChI is InChI=1S/C12H12ClF3O2/c1-3-8-9(11(13)7(2)17)5-4-6-10(8)18-12(14,15)16/h4-6,11H,3H2,1-2H3. The van der Waals surface area contributed by atoms with Crippen molar-refractivity contribution in [1.82, 2.24) is 0 Å². The van der Waals surface area contributed by atoms with Crippen molar-refractivity contribution >= 4 is 17.4 Å². The van der Waals surface area contributed by atoms with Gasteiger partial charge < -0.3 is 4.74 Å². The van der Waals surface area contributed by atoms with E-state index in [1.807, 2.05) is 0 Å². The molecule has 18 heavy (non-hydrogen) atoms. The highest BCUT2D eigenvalue weighted by Gasteiger charge is 2.32. The fourth-order valence-corrected chi connectivity index (χ4v) is 1.84. The highest BCUT2D eigenvalue weighted by atomic mass is 35.5. The molecule has 1 aromatic rings. The first-order valence-corrected chi connectivity index (χ1v) is 5.72. The number of ether oxygens (including phenoxy) is 1. The monoisotopic (exact) mass is 280 g/mol. The normalized spacial score (nSPS) is 13.2. The number of alkyl halides is 4. The molecule has 0 amide bonds. The smallest absolute Gasteiger partial charge is 0.405 e. The third-order valence-corrected chi connectivity index (χ3v) is 2.92. The van der Waals surface area contributed by atoms with E-state index in [-0.39, 0.29) is 18.0 Å². The van der Waals surface area contributed by atoms with Crippen LogP contribution in [0.15, 0.2) is 18.2 Å². The molecule has 1 atom stereocenters. The fourth-order valence-electron chi connectivity index (χ4n) is 1.64. The number of benzene rings is 1. The van der Waals surface area contributed by atoms with Gasteiger partial charge >= 0.3 is 6.36 Å². The SMILES string of the molecule is CCc1c(OC(F)(F)F)cccc1C(Cl)C(C)=O. The van der Waals surface area contributed by atoms with Crippen LogP contribution in [0, 0.1) is 0 Å². The van der Waals surface area contributed by atoms with Crippen LogP contribution in [0.5, 0.6) is 5.75 Å². The summed E-state index contributed by atoms with van der Waals surface area (Å²) < 4.78 is 40.6. The van der Waals surface area contributed by atoms with Gasteiger partial charge in [-0.05, 0) is 30.5 Å². The Morgan fingerprint density at radius 1 is 1.44 bits per heavy atom. The molecule has 0 N–H and O–H groups in total. The zero-order valence-electron chi connectivity index (χ0n) is 9.84. The molecule has 0 fully saturated rings. The Labute approximate surface area is 108 Å². The molecule has 0 aromatic heterocycles. The van der Waals surface area contributed by atoms with E-state index in [0.29, 0.717) is 11.1 Å². The third-order valence-electron chi connectivity index (χ3n) is 2.38. The van der Waals surface area contributed by atoms with Gasteiger partial charge in [-0.25, -0.2) is 0 Å². The number of halogens is 4. The molecular formula is C12H12ClF3O2. The number of hydrogen-bond acceptors (Lipinski definition) is 2. The molecule has 1 unspecified atom stereocenters. The first-order chi connectivity index (χ1) is 8.26. The van der Waals surface area contributed by atoms with Crippen LogP contribution in [0.4, 0.5) is 13.2 Å². The van der Waals surface area contributed by atoms with Crippen molar-refractivity contribution in [1.29, 1.82) is 0 Å². The summed E-state index contributed by atoms with van der Waals surface area (Å²) in [5, 5.41) is -0.961. The minimum Gasteiger partial charge on any atom is -0.405 e. The zero-order chi connectivity index (χ0) is 13.9. The lowest BCUT2D eigenvalue weighted by Gasteiger charge is -2.17. The Bertz CT molecular complexity index is 443. The molecule has 0 aliphatic heterocycles. The summed E-state index contributed by atoms with van der Waals surface area (Å²) in [6, 6.07) is 4.12. The van der Waals surface area contributed by atoms with Crippen molar-refractivity contribution < 1.29 is 22.7 Å². The zero-order valence-corrected chi connectivity index (χ0v) is 10.6. The Kier molecular flexibility index (Phi) is 4.62. The van der Waals surface area contributed by atoms with E-state index in [4.69, 9.17) is 11.6 Å². The average molecular weight is 281 g/mol. The second kappa shape index (κ2) is 5.61. The molecule has 0 aliphatic carbocycles. The van der Waals surface area contributed by atoms with E-state index in [2.05, 4.69) is 4.74 Å². The number of hydrogen-bond donors (Lipinski definition) is 0. The minimum atomic E-state index is -4.76. The topological polar surface area (TPSA) is 26.3 Å². The largest absolute Gasteiger partial charge is 0.573 e. The highest BCUT2D eigenvalue weighted by molar-refractivity contribution is 6.30. The molecule has 1 aromatic carbocycles. The van der Waals surface area contributed by atoms with Crippen molar-refractivity contribution in [3.8, 4) is 5.75 Å². The molecule has 2 nitrogen and oxygen atoms in total. The van der Waals surface area contributed by atoms with Gasteiger partial charge in [-0.1, -0.05) is 19.1 Å². The average Bonchev–Trinajstić information content (AvgIpc) is 2.25. The van der Waals surface area contributed by atoms with E-state index in [0.717, 1.165) is 0 Å². The summed E-state index contributed by atoms with van der Waals surface area (Å²) in [6.07, 6.45) is -4.47. The summed E-state index contributed by atoms with van der Waals surface area (Å²) >= 11 is 5.88. The molecule has 1 rings (SSSR count). The fraction of sp³-hybridized carbons (Fsp3) is 0.417. The van der Waals surface area contributed by atoms with Crippen molar-refractivity contribution in [3.63, 3.8) is 0 Å². The van der Waals surface area contributed by atoms with E-state index < -0.39 is 11.7 Å². The number of carbonyl (C=O) groups is 1. The number of carbonyl (C=O) groups excluding carboxylic acids is 1. The second-order valence-electron chi connectivity index (χ2n) is 3.70. The first-order valence-electron chi connectivity index (χ1n) is 5.28. The van der Waals surface area contributed by atoms with E-state index in [9.17, 15) is 18.0 Å². The Hall–Kier alpha value is -1.23. The molecule has 0 saturated heterocycles. The maximum atomic E-state index is 12.2. The van der Waals surface area contributed by atoms with Crippen molar-refractivity contribution in [2.24, 2.45) is 0 Å². The predicted molar refractivity (Wildman–Crippen MR) is 61.8 cm³/mol. The molecule has 6 heteroatoms. The van der Waals surface area contributed by atoms with Crippen LogP contribution in [-0.2, 0) is 11.2 Å². The van der Waals surface area contributed by atoms with E-state index in [1.165, 1.54) is 25.1 Å². The van der Waals surface area contributed by atoms with Crippen LogP contribution < -0.4 is 4.74 Å². The molecule has 100 valence electrons. The van der Waals surface area contributed by atoms with Crippen molar-refractivity contribution in [3.05, 3.63) is 29.3 Å². The molecule has 0 radical (unpaired) electrons. The predicted octanol–water partition coefficient (Wildman–Crippen LogP) is 4.02. The molecule has 0 aliphatic rings. The maximum Gasteiger partial charge on any atom is 0.573 e. The van der Waals surface area contributed by atoms with Crippen LogP contribution in [-0.4, -0.2) is 12.1 Å². The van der Waals surface area contributed by atoms with Gasteiger partial charge in [-0.15, -0.1) is 24.8 Å². The Balaban J connectivity index is 3.22. The molecule has 0 bridgehead atoms. The summed E-state index contributed by atoms with van der Waals surface area (Å²) in [5.41, 5.74) is 0.651. The van der Waals surface area contributed by atoms with Gasteiger partial charge in [-0.2, -0.15) is 0 Å². The van der Waals surface area contributed by atoms with Gasteiger partial charge in [-0.3, -0.25) is 4.79 Å². The lowest BCUT2D eigenvalue weighted by atomic mass is 9.99. The van der Waals surface area contributed by atoms with Crippen molar-refractivity contribution in [2.45, 2.75) is 32.0 Å². The van der Waals surface area contributed by atoms with Gasteiger partial charge in [0, 0.05) is 0 Å². The highest BCUT2D eigenvalue weighted by Crippen LogP contribution is 2.34. The van der Waals surface area contributed by atoms with Crippen molar-refractivity contribution in [2.75, 3.05) is 0 Å². The molecular weight excluding hydrogens is 269 g/mol. The second-order valence-corrected chi connectivity index (χ2v) is 4.13. The lowest BCUT2D eigenvalue weighted by Crippen LogP contribution is -2.19. The Morgan fingerprint density at radius 2 is 2.06 bits per heavy atom. The van der Waals surface area contributed by atoms with E-state index >= 15 is 0 Å². The summed E-state index contributed by atoms with van der Waals surface area (Å²) in [4.78, 5) is 11.2. The molecule has 0 spiro atoms. The summed E-state index contributed by atoms with van der Waals surface area (Å²) in [6.45, 7) is 2.96. The minimum absolute atomic E-state index is 0.290. The molecule has 0 heterocycles. The van der Waals surface area contributed by atoms with Gasteiger partial charge in [0.05, 0.1) is 0 Å². The van der Waals surface area contributed by atoms with Crippen LogP contribution in [0.3, 0.4) is 0 Å². The number of ketones is 1. The van der Waals surface area contributed by atoms with Crippen LogP contribution >= 0.6 is 11.6 Å². The summed E-state index contributed by atoms with van der Waals surface area (Å²) in [5.74, 6) is -0.634. The molecule has 0 saturated carbocycles. The van der Waals surface area contributed by atoms with Crippen LogP contribution in [0.2, 0.25) is 0 Å². The third kappa shape index (κ3) is 3.63. The lowest BCUT2D eigenvalue weighted by molar-refractivity contribution is -0.274. The van der Waals surface area contributed by atoms with Gasteiger partial charge in [0.25, 0.3) is 0 Å². The number of Topliss-reactive ketones (excluding diaryl/α,β-unsaturated/α-hetero) is 1. The number of rotatable bonds is 4. The van der Waals surface area contributed by atoms with E-state index in [1.54, 1.807) is 6.92 Å². The first kappa shape index (κ1) is 14.8. The quantitative estimate of drug-likeness (QED) is 0.779. The van der Waals surface area contributed by atoms with Gasteiger partial charge in [0.15, 0.2) is 5.78 Å². The Morgan fingerprint density at radius 3 is 2.50 bits per heavy atom. The van der Waals surface area contributed by atoms with Gasteiger partial charge in [0.1, 0.15) is 11.1 Å².